The molecule has 0 fully saturated rings. The van der Waals surface area contributed by atoms with E-state index in [0.717, 1.165) is 22.7 Å². The fourth-order valence-electron chi connectivity index (χ4n) is 4.16. The van der Waals surface area contributed by atoms with Gasteiger partial charge in [0.25, 0.3) is 26.0 Å². The number of carbonyl (C=O) groups is 2. The first-order valence-corrected chi connectivity index (χ1v) is 19.2. The molecule has 1 amide bonds. The lowest BCUT2D eigenvalue weighted by molar-refractivity contribution is -0.161. The topological polar surface area (TPSA) is 191 Å². The number of carbonyl (C=O) groups excluding carboxylic acids is 2. The summed E-state index contributed by atoms with van der Waals surface area (Å²) in [4.78, 5) is 28.1. The molecule has 0 radical (unpaired) electrons. The van der Waals surface area contributed by atoms with Crippen LogP contribution in [0.5, 0.6) is 0 Å². The summed E-state index contributed by atoms with van der Waals surface area (Å²) >= 11 is 13.7. The van der Waals surface area contributed by atoms with Crippen LogP contribution in [0.3, 0.4) is 0 Å². The number of likely N-dealkylation sites (N-methyl/N-ethyl adjacent to an activating group) is 1. The molecule has 252 valence electrons. The van der Waals surface area contributed by atoms with Gasteiger partial charge in [0, 0.05) is 23.1 Å². The maximum atomic E-state index is 13.5. The Morgan fingerprint density at radius 1 is 0.809 bits per heavy atom. The SMILES string of the molecule is CCN(CC)C(=O)C(OC(=O)C(C)c1nnc(NS(=O)(=O)c2cccc(Cl)c2C)s1)c1nnc(NS(=O)(=O)c2cccc(Cl)c2C)s1. The number of amides is 1. The number of hydrogen-bond acceptors (Lipinski definition) is 13. The number of anilines is 2. The molecule has 0 aliphatic carbocycles. The van der Waals surface area contributed by atoms with E-state index in [2.05, 4.69) is 29.8 Å². The second-order valence-corrected chi connectivity index (χ2v) is 16.0. The van der Waals surface area contributed by atoms with Crippen molar-refractivity contribution in [3.8, 4) is 0 Å². The molecular weight excluding hydrogens is 734 g/mol. The fraction of sp³-hybridized carbons (Fsp3) is 0.333. The van der Waals surface area contributed by atoms with Crippen molar-refractivity contribution in [2.45, 2.75) is 56.4 Å². The molecule has 2 heterocycles. The van der Waals surface area contributed by atoms with Gasteiger partial charge in [0.1, 0.15) is 10.9 Å². The Balaban J connectivity index is 1.55. The van der Waals surface area contributed by atoms with Crippen molar-refractivity contribution in [2.24, 2.45) is 0 Å². The zero-order valence-corrected chi connectivity index (χ0v) is 30.3. The average molecular weight is 763 g/mol. The summed E-state index contributed by atoms with van der Waals surface area (Å²) in [7, 11) is -8.21. The first-order chi connectivity index (χ1) is 22.1. The Kier molecular flexibility index (Phi) is 11.5. The molecule has 0 spiro atoms. The van der Waals surface area contributed by atoms with E-state index in [1.165, 1.54) is 36.1 Å². The third kappa shape index (κ3) is 8.18. The molecule has 0 saturated carbocycles. The number of nitrogens with one attached hydrogen (secondary N) is 2. The highest BCUT2D eigenvalue weighted by atomic mass is 35.5. The van der Waals surface area contributed by atoms with E-state index < -0.39 is 43.9 Å². The quantitative estimate of drug-likeness (QED) is 0.171. The van der Waals surface area contributed by atoms with Gasteiger partial charge in [-0.05, 0) is 70.0 Å². The summed E-state index contributed by atoms with van der Waals surface area (Å²) in [6, 6.07) is 8.88. The number of sulfonamides is 2. The van der Waals surface area contributed by atoms with Crippen molar-refractivity contribution in [3.63, 3.8) is 0 Å². The van der Waals surface area contributed by atoms with E-state index in [0.29, 0.717) is 11.1 Å². The molecule has 20 heteroatoms. The van der Waals surface area contributed by atoms with Gasteiger partial charge >= 0.3 is 5.97 Å². The van der Waals surface area contributed by atoms with E-state index in [9.17, 15) is 26.4 Å². The highest BCUT2D eigenvalue weighted by molar-refractivity contribution is 7.93. The standard InChI is InChI=1S/C27H29Cl2N7O7S4/c1-6-36(7-2)24(37)21(23-31-33-27(45-23)35-47(41,42)20-13-9-11-18(29)15(20)4)43-25(38)16(5)22-30-32-26(44-22)34-46(39,40)19-12-8-10-17(28)14(19)3/h8-13,16,21H,6-7H2,1-5H3,(H,32,34)(H,33,35). The molecular formula is C27H29Cl2N7O7S4. The predicted octanol–water partition coefficient (Wildman–Crippen LogP) is 5.17. The first kappa shape index (κ1) is 36.4. The van der Waals surface area contributed by atoms with Crippen molar-refractivity contribution >= 4 is 88.1 Å². The number of esters is 1. The van der Waals surface area contributed by atoms with Crippen molar-refractivity contribution in [1.29, 1.82) is 0 Å². The van der Waals surface area contributed by atoms with Crippen LogP contribution in [0.1, 0.15) is 53.9 Å². The summed E-state index contributed by atoms with van der Waals surface area (Å²) in [5, 5.41) is 15.9. The van der Waals surface area contributed by atoms with Gasteiger partial charge in [0.15, 0.2) is 5.01 Å². The second-order valence-electron chi connectivity index (χ2n) is 9.88. The second kappa shape index (κ2) is 14.8. The van der Waals surface area contributed by atoms with Crippen LogP contribution < -0.4 is 9.44 Å². The van der Waals surface area contributed by atoms with Crippen LogP contribution in [0.15, 0.2) is 46.2 Å². The van der Waals surface area contributed by atoms with E-state index >= 15 is 0 Å². The lowest BCUT2D eigenvalue weighted by Crippen LogP contribution is -2.37. The summed E-state index contributed by atoms with van der Waals surface area (Å²) in [5.74, 6) is -2.57. The number of hydrogen-bond donors (Lipinski definition) is 2. The maximum Gasteiger partial charge on any atom is 0.316 e. The molecule has 0 aliphatic heterocycles. The third-order valence-corrected chi connectivity index (χ3v) is 12.8. The Morgan fingerprint density at radius 3 is 1.72 bits per heavy atom. The average Bonchev–Trinajstić information content (AvgIpc) is 3.67. The normalized spacial score (nSPS) is 13.1. The number of halogens is 2. The van der Waals surface area contributed by atoms with Crippen molar-refractivity contribution in [3.05, 3.63) is 67.6 Å². The van der Waals surface area contributed by atoms with E-state index in [-0.39, 0.29) is 53.2 Å². The van der Waals surface area contributed by atoms with Crippen LogP contribution in [0.4, 0.5) is 10.3 Å². The van der Waals surface area contributed by atoms with E-state index in [4.69, 9.17) is 27.9 Å². The summed E-state index contributed by atoms with van der Waals surface area (Å²) in [5.41, 5.74) is 0.676. The fourth-order valence-corrected chi connectivity index (χ4v) is 9.16. The summed E-state index contributed by atoms with van der Waals surface area (Å²) < 4.78 is 62.4. The zero-order valence-electron chi connectivity index (χ0n) is 25.5. The Bertz CT molecular complexity index is 2020. The van der Waals surface area contributed by atoms with E-state index in [1.807, 2.05) is 0 Å². The summed E-state index contributed by atoms with van der Waals surface area (Å²) in [6.07, 6.45) is -1.56. The van der Waals surface area contributed by atoms with Crippen LogP contribution in [0, 0.1) is 13.8 Å². The van der Waals surface area contributed by atoms with Gasteiger partial charge in [-0.15, -0.1) is 20.4 Å². The minimum Gasteiger partial charge on any atom is -0.444 e. The van der Waals surface area contributed by atoms with Crippen molar-refractivity contribution < 1.29 is 31.2 Å². The maximum absolute atomic E-state index is 13.5. The largest absolute Gasteiger partial charge is 0.444 e. The van der Waals surface area contributed by atoms with Crippen molar-refractivity contribution in [2.75, 3.05) is 22.5 Å². The van der Waals surface area contributed by atoms with E-state index in [1.54, 1.807) is 39.8 Å². The van der Waals surface area contributed by atoms with Gasteiger partial charge in [-0.2, -0.15) is 0 Å². The van der Waals surface area contributed by atoms with Crippen LogP contribution in [-0.4, -0.2) is 67.1 Å². The zero-order chi connectivity index (χ0) is 34.7. The monoisotopic (exact) mass is 761 g/mol. The molecule has 0 saturated heterocycles. The predicted molar refractivity (Wildman–Crippen MR) is 179 cm³/mol. The Labute approximate surface area is 289 Å². The number of nitrogens with zero attached hydrogens (tertiary/aromatic N) is 5. The molecule has 0 bridgehead atoms. The van der Waals surface area contributed by atoms with Gasteiger partial charge in [-0.1, -0.05) is 58.0 Å². The van der Waals surface area contributed by atoms with Crippen LogP contribution >= 0.6 is 45.9 Å². The van der Waals surface area contributed by atoms with Crippen LogP contribution in [0.2, 0.25) is 10.0 Å². The van der Waals surface area contributed by atoms with Gasteiger partial charge in [0.05, 0.1) is 9.79 Å². The number of ether oxygens (including phenoxy) is 1. The molecule has 2 N–H and O–H groups in total. The molecule has 2 aromatic heterocycles. The molecule has 47 heavy (non-hydrogen) atoms. The Hall–Kier alpha value is -3.42. The molecule has 4 aromatic rings. The molecule has 14 nitrogen and oxygen atoms in total. The molecule has 0 aliphatic rings. The first-order valence-electron chi connectivity index (χ1n) is 13.8. The van der Waals surface area contributed by atoms with Crippen molar-refractivity contribution in [1.82, 2.24) is 25.3 Å². The third-order valence-electron chi connectivity index (χ3n) is 6.82. The molecule has 4 rings (SSSR count). The van der Waals surface area contributed by atoms with Gasteiger partial charge in [0.2, 0.25) is 16.4 Å². The Morgan fingerprint density at radius 2 is 1.26 bits per heavy atom. The highest BCUT2D eigenvalue weighted by Gasteiger charge is 2.35. The van der Waals surface area contributed by atoms with Gasteiger partial charge in [-0.25, -0.2) is 16.8 Å². The number of benzene rings is 2. The van der Waals surface area contributed by atoms with Crippen LogP contribution in [0.25, 0.3) is 0 Å². The van der Waals surface area contributed by atoms with Crippen LogP contribution in [-0.2, 0) is 34.4 Å². The molecule has 2 unspecified atom stereocenters. The molecule has 2 aromatic carbocycles. The lowest BCUT2D eigenvalue weighted by Gasteiger charge is -2.24. The van der Waals surface area contributed by atoms with Gasteiger partial charge in [-0.3, -0.25) is 19.0 Å². The molecule has 2 atom stereocenters. The minimum atomic E-state index is -4.13. The lowest BCUT2D eigenvalue weighted by atomic mass is 10.2. The smallest absolute Gasteiger partial charge is 0.316 e. The highest BCUT2D eigenvalue weighted by Crippen LogP contribution is 2.33. The minimum absolute atomic E-state index is 0.0478. The number of aromatic nitrogens is 4. The summed E-state index contributed by atoms with van der Waals surface area (Å²) in [6.45, 7) is 8.63. The van der Waals surface area contributed by atoms with Gasteiger partial charge < -0.3 is 9.64 Å². The number of rotatable bonds is 13.